The molecule has 7 N–H and O–H groups in total. The van der Waals surface area contributed by atoms with Crippen LogP contribution in [-0.4, -0.2) is 64.0 Å². The van der Waals surface area contributed by atoms with E-state index in [1.165, 1.54) is 6.92 Å². The zero-order valence-electron chi connectivity index (χ0n) is 18.1. The van der Waals surface area contributed by atoms with E-state index in [0.29, 0.717) is 6.42 Å². The van der Waals surface area contributed by atoms with Crippen molar-refractivity contribution in [2.45, 2.75) is 78.0 Å². The van der Waals surface area contributed by atoms with Crippen molar-refractivity contribution >= 4 is 29.7 Å². The summed E-state index contributed by atoms with van der Waals surface area (Å²) in [5.41, 5.74) is 5.84. The van der Waals surface area contributed by atoms with Gasteiger partial charge in [0.2, 0.25) is 17.7 Å². The molecule has 0 saturated carbocycles. The summed E-state index contributed by atoms with van der Waals surface area (Å²) in [6.45, 7) is 8.47. The molecule has 5 atom stereocenters. The van der Waals surface area contributed by atoms with E-state index < -0.39 is 60.2 Å². The summed E-state index contributed by atoms with van der Waals surface area (Å²) in [4.78, 5) is 59.5. The third kappa shape index (κ3) is 9.68. The fourth-order valence-electron chi connectivity index (χ4n) is 2.52. The molecule has 30 heavy (non-hydrogen) atoms. The second-order valence-electron chi connectivity index (χ2n) is 7.83. The van der Waals surface area contributed by atoms with Gasteiger partial charge in [-0.15, -0.1) is 0 Å². The number of carboxylic acids is 2. The largest absolute Gasteiger partial charge is 0.481 e. The van der Waals surface area contributed by atoms with Gasteiger partial charge in [-0.05, 0) is 25.2 Å². The third-order valence-electron chi connectivity index (χ3n) is 4.64. The van der Waals surface area contributed by atoms with Gasteiger partial charge in [-0.3, -0.25) is 24.0 Å². The summed E-state index contributed by atoms with van der Waals surface area (Å²) < 4.78 is 0. The third-order valence-corrected chi connectivity index (χ3v) is 4.64. The maximum atomic E-state index is 12.7. The maximum absolute atomic E-state index is 12.7. The van der Waals surface area contributed by atoms with E-state index in [9.17, 15) is 24.0 Å². The minimum atomic E-state index is -1.44. The van der Waals surface area contributed by atoms with Crippen molar-refractivity contribution < 1.29 is 34.2 Å². The highest BCUT2D eigenvalue weighted by molar-refractivity contribution is 5.95. The van der Waals surface area contributed by atoms with Gasteiger partial charge in [-0.2, -0.15) is 0 Å². The van der Waals surface area contributed by atoms with E-state index in [2.05, 4.69) is 16.0 Å². The van der Waals surface area contributed by atoms with Crippen molar-refractivity contribution in [3.8, 4) is 0 Å². The average molecular weight is 431 g/mol. The summed E-state index contributed by atoms with van der Waals surface area (Å²) in [5.74, 6) is -5.04. The van der Waals surface area contributed by atoms with Crippen molar-refractivity contribution in [2.24, 2.45) is 17.6 Å². The number of carboxylic acid groups (broad SMARTS) is 2. The highest BCUT2D eigenvalue weighted by Crippen LogP contribution is 2.08. The zero-order valence-corrected chi connectivity index (χ0v) is 18.1. The van der Waals surface area contributed by atoms with Crippen molar-refractivity contribution in [3.05, 3.63) is 0 Å². The van der Waals surface area contributed by atoms with Crippen LogP contribution in [0.25, 0.3) is 0 Å². The summed E-state index contributed by atoms with van der Waals surface area (Å²) in [6.07, 6.45) is 0.0964. The Morgan fingerprint density at radius 1 is 0.833 bits per heavy atom. The number of carbonyl (C=O) groups excluding carboxylic acids is 3. The summed E-state index contributed by atoms with van der Waals surface area (Å²) in [6, 6.07) is -4.64. The Labute approximate surface area is 176 Å². The first-order valence-electron chi connectivity index (χ1n) is 9.91. The second kappa shape index (κ2) is 12.8. The fourth-order valence-corrected chi connectivity index (χ4v) is 2.52. The lowest BCUT2D eigenvalue weighted by molar-refractivity contribution is -0.143. The molecule has 0 aliphatic heterocycles. The van der Waals surface area contributed by atoms with Crippen LogP contribution >= 0.6 is 0 Å². The number of aliphatic carboxylic acids is 2. The Morgan fingerprint density at radius 2 is 1.33 bits per heavy atom. The van der Waals surface area contributed by atoms with Crippen LogP contribution in [-0.2, 0) is 24.0 Å². The van der Waals surface area contributed by atoms with Crippen molar-refractivity contribution in [1.29, 1.82) is 0 Å². The summed E-state index contributed by atoms with van der Waals surface area (Å²) in [5, 5.41) is 25.1. The van der Waals surface area contributed by atoms with Crippen LogP contribution in [0.1, 0.15) is 53.9 Å². The molecular weight excluding hydrogens is 396 g/mol. The summed E-state index contributed by atoms with van der Waals surface area (Å²) in [7, 11) is 0. The first-order chi connectivity index (χ1) is 13.8. The predicted molar refractivity (Wildman–Crippen MR) is 108 cm³/mol. The highest BCUT2D eigenvalue weighted by Gasteiger charge is 2.31. The highest BCUT2D eigenvalue weighted by atomic mass is 16.4. The fraction of sp³-hybridized carbons (Fsp3) is 0.737. The van der Waals surface area contributed by atoms with Crippen LogP contribution in [0.5, 0.6) is 0 Å². The molecule has 0 aliphatic carbocycles. The SMILES string of the molecule is CCC(C)C(N)C(=O)NC(CC(=O)O)C(=O)NC(CC(C)C)C(=O)NC(C)C(=O)O. The van der Waals surface area contributed by atoms with Gasteiger partial charge in [0, 0.05) is 0 Å². The normalized spacial score (nSPS) is 16.0. The molecule has 172 valence electrons. The number of hydrogen-bond donors (Lipinski definition) is 6. The molecule has 0 aromatic rings. The Bertz CT molecular complexity index is 638. The average Bonchev–Trinajstić information content (AvgIpc) is 2.64. The Morgan fingerprint density at radius 3 is 1.77 bits per heavy atom. The van der Waals surface area contributed by atoms with Gasteiger partial charge < -0.3 is 31.9 Å². The predicted octanol–water partition coefficient (Wildman–Crippen LogP) is -0.560. The molecule has 3 amide bonds. The van der Waals surface area contributed by atoms with Crippen LogP contribution in [0.15, 0.2) is 0 Å². The zero-order chi connectivity index (χ0) is 23.6. The smallest absolute Gasteiger partial charge is 0.325 e. The molecule has 5 unspecified atom stereocenters. The maximum Gasteiger partial charge on any atom is 0.325 e. The van der Waals surface area contributed by atoms with Crippen LogP contribution in [0.2, 0.25) is 0 Å². The van der Waals surface area contributed by atoms with E-state index in [4.69, 9.17) is 15.9 Å². The minimum Gasteiger partial charge on any atom is -0.481 e. The molecule has 0 heterocycles. The monoisotopic (exact) mass is 430 g/mol. The van der Waals surface area contributed by atoms with Gasteiger partial charge in [-0.25, -0.2) is 0 Å². The van der Waals surface area contributed by atoms with Crippen LogP contribution < -0.4 is 21.7 Å². The molecule has 11 nitrogen and oxygen atoms in total. The molecule has 11 heteroatoms. The summed E-state index contributed by atoms with van der Waals surface area (Å²) >= 11 is 0. The lowest BCUT2D eigenvalue weighted by Crippen LogP contribution is -2.58. The minimum absolute atomic E-state index is 0.0347. The Kier molecular flexibility index (Phi) is 11.6. The van der Waals surface area contributed by atoms with Gasteiger partial charge in [-0.1, -0.05) is 34.1 Å². The molecule has 0 aliphatic rings. The molecule has 0 rings (SSSR count). The number of carbonyl (C=O) groups is 5. The quantitative estimate of drug-likeness (QED) is 0.224. The van der Waals surface area contributed by atoms with Crippen LogP contribution in [0, 0.1) is 11.8 Å². The lowest BCUT2D eigenvalue weighted by Gasteiger charge is -2.25. The molecule has 0 radical (unpaired) electrons. The number of nitrogens with one attached hydrogen (secondary N) is 3. The molecule has 0 fully saturated rings. The van der Waals surface area contributed by atoms with Gasteiger partial charge >= 0.3 is 11.9 Å². The first-order valence-corrected chi connectivity index (χ1v) is 9.91. The van der Waals surface area contributed by atoms with Crippen LogP contribution in [0.3, 0.4) is 0 Å². The van der Waals surface area contributed by atoms with E-state index >= 15 is 0 Å². The Hall–Kier alpha value is -2.69. The van der Waals surface area contributed by atoms with E-state index in [1.807, 2.05) is 6.92 Å². The second-order valence-corrected chi connectivity index (χ2v) is 7.83. The van der Waals surface area contributed by atoms with Crippen molar-refractivity contribution in [2.75, 3.05) is 0 Å². The molecule has 0 bridgehead atoms. The van der Waals surface area contributed by atoms with Crippen molar-refractivity contribution in [1.82, 2.24) is 16.0 Å². The van der Waals surface area contributed by atoms with Gasteiger partial charge in [0.25, 0.3) is 0 Å². The number of hydrogen-bond acceptors (Lipinski definition) is 6. The number of nitrogens with two attached hydrogens (primary N) is 1. The van der Waals surface area contributed by atoms with Crippen LogP contribution in [0.4, 0.5) is 0 Å². The molecule has 0 spiro atoms. The molecule has 0 saturated heterocycles. The number of rotatable bonds is 13. The Balaban J connectivity index is 5.41. The number of amides is 3. The van der Waals surface area contributed by atoms with Gasteiger partial charge in [0.05, 0.1) is 12.5 Å². The van der Waals surface area contributed by atoms with Gasteiger partial charge in [0.1, 0.15) is 18.1 Å². The van der Waals surface area contributed by atoms with E-state index in [0.717, 1.165) is 0 Å². The van der Waals surface area contributed by atoms with Gasteiger partial charge in [0.15, 0.2) is 0 Å². The lowest BCUT2D eigenvalue weighted by atomic mass is 9.98. The van der Waals surface area contributed by atoms with E-state index in [-0.39, 0.29) is 18.3 Å². The molecular formula is C19H34N4O7. The topological polar surface area (TPSA) is 188 Å². The van der Waals surface area contributed by atoms with E-state index in [1.54, 1.807) is 20.8 Å². The standard InChI is InChI=1S/C19H34N4O7/c1-6-10(4)15(20)18(28)23-13(8-14(24)25)17(27)22-12(7-9(2)3)16(26)21-11(5)19(29)30/h9-13,15H,6-8,20H2,1-5H3,(H,21,26)(H,22,27)(H,23,28)(H,24,25)(H,29,30). The molecule has 0 aromatic carbocycles. The molecule has 0 aromatic heterocycles. The first kappa shape index (κ1) is 27.3. The van der Waals surface area contributed by atoms with Crippen molar-refractivity contribution in [3.63, 3.8) is 0 Å².